The number of carbonyl (C=O) groups is 1. The first-order chi connectivity index (χ1) is 10.3. The molecular weight excluding hydrogens is 288 g/mol. The van der Waals surface area contributed by atoms with Crippen molar-refractivity contribution in [2.24, 2.45) is 0 Å². The summed E-state index contributed by atoms with van der Waals surface area (Å²) >= 11 is 6.25. The number of aldehydes is 1. The van der Waals surface area contributed by atoms with Crippen LogP contribution in [0.4, 0.5) is 0 Å². The molecule has 1 aromatic carbocycles. The maximum Gasteiger partial charge on any atom is 0.172 e. The lowest BCUT2D eigenvalue weighted by molar-refractivity contribution is 0.111. The van der Waals surface area contributed by atoms with Crippen LogP contribution in [0.2, 0.25) is 5.02 Å². The van der Waals surface area contributed by atoms with E-state index < -0.39 is 0 Å². The molecule has 0 unspecified atom stereocenters. The van der Waals surface area contributed by atoms with Crippen LogP contribution in [0.5, 0.6) is 0 Å². The summed E-state index contributed by atoms with van der Waals surface area (Å²) in [5.74, 6) is 0. The molecule has 0 atom stereocenters. The second-order valence-corrected chi connectivity index (χ2v) is 5.60. The molecule has 6 heteroatoms. The summed E-state index contributed by atoms with van der Waals surface area (Å²) in [6, 6.07) is 7.46. The summed E-state index contributed by atoms with van der Waals surface area (Å²) in [7, 11) is 0. The number of aromatic nitrogens is 3. The van der Waals surface area contributed by atoms with Gasteiger partial charge in [0.25, 0.3) is 0 Å². The smallest absolute Gasteiger partial charge is 0.172 e. The average molecular weight is 305 g/mol. The van der Waals surface area contributed by atoms with Gasteiger partial charge in [-0.2, -0.15) is 0 Å². The lowest BCUT2D eigenvalue weighted by Crippen LogP contribution is -2.24. The Labute approximate surface area is 128 Å². The monoisotopic (exact) mass is 304 g/mol. The minimum Gasteiger partial charge on any atom is -0.301 e. The number of likely N-dealkylation sites (tertiary alicyclic amines) is 1. The summed E-state index contributed by atoms with van der Waals surface area (Å²) in [5, 5.41) is 8.68. The molecule has 1 aromatic heterocycles. The molecule has 0 N–H and O–H groups in total. The van der Waals surface area contributed by atoms with E-state index in [2.05, 4.69) is 15.2 Å². The van der Waals surface area contributed by atoms with Gasteiger partial charge in [0.05, 0.1) is 11.6 Å². The van der Waals surface area contributed by atoms with Gasteiger partial charge in [0.15, 0.2) is 12.0 Å². The van der Waals surface area contributed by atoms with Crippen LogP contribution in [0.15, 0.2) is 24.3 Å². The highest BCUT2D eigenvalue weighted by molar-refractivity contribution is 6.33. The normalized spacial score (nSPS) is 15.5. The standard InChI is InChI=1S/C15H17ClN4O/c16-13-6-2-1-5-12(13)15-14(11-21)17-18-20(15)10-9-19-7-3-4-8-19/h1-2,5-6,11H,3-4,7-10H2. The van der Waals surface area contributed by atoms with Crippen molar-refractivity contribution in [1.82, 2.24) is 19.9 Å². The molecule has 3 rings (SSSR count). The number of hydrogen-bond acceptors (Lipinski definition) is 4. The molecule has 0 spiro atoms. The van der Waals surface area contributed by atoms with Crippen molar-refractivity contribution in [3.05, 3.63) is 35.0 Å². The maximum absolute atomic E-state index is 11.2. The summed E-state index contributed by atoms with van der Waals surface area (Å²) in [4.78, 5) is 13.6. The number of benzene rings is 1. The largest absolute Gasteiger partial charge is 0.301 e. The van der Waals surface area contributed by atoms with E-state index in [1.54, 1.807) is 4.68 Å². The molecule has 0 aliphatic carbocycles. The number of rotatable bonds is 5. The van der Waals surface area contributed by atoms with Crippen molar-refractivity contribution in [2.45, 2.75) is 19.4 Å². The SMILES string of the molecule is O=Cc1nnn(CCN2CCCC2)c1-c1ccccc1Cl. The summed E-state index contributed by atoms with van der Waals surface area (Å²) in [6.07, 6.45) is 3.25. The molecule has 0 bridgehead atoms. The molecule has 1 aliphatic heterocycles. The van der Waals surface area contributed by atoms with E-state index in [1.165, 1.54) is 12.8 Å². The van der Waals surface area contributed by atoms with Crippen LogP contribution in [0, 0.1) is 0 Å². The van der Waals surface area contributed by atoms with E-state index in [9.17, 15) is 4.79 Å². The zero-order valence-electron chi connectivity index (χ0n) is 11.7. The lowest BCUT2D eigenvalue weighted by Gasteiger charge is -2.15. The van der Waals surface area contributed by atoms with E-state index in [0.717, 1.165) is 31.5 Å². The van der Waals surface area contributed by atoms with Gasteiger partial charge in [-0.1, -0.05) is 35.0 Å². The molecule has 0 radical (unpaired) electrons. The van der Waals surface area contributed by atoms with Crippen LogP contribution in [-0.4, -0.2) is 45.8 Å². The first-order valence-electron chi connectivity index (χ1n) is 7.15. The third-order valence-electron chi connectivity index (χ3n) is 3.83. The molecule has 2 aromatic rings. The van der Waals surface area contributed by atoms with E-state index >= 15 is 0 Å². The zero-order valence-corrected chi connectivity index (χ0v) is 12.5. The van der Waals surface area contributed by atoms with Crippen molar-refractivity contribution in [2.75, 3.05) is 19.6 Å². The Bertz CT molecular complexity index is 634. The van der Waals surface area contributed by atoms with Gasteiger partial charge in [0.1, 0.15) is 5.69 Å². The van der Waals surface area contributed by atoms with Gasteiger partial charge >= 0.3 is 0 Å². The van der Waals surface area contributed by atoms with Crippen molar-refractivity contribution in [3.63, 3.8) is 0 Å². The molecule has 1 fully saturated rings. The number of nitrogens with zero attached hydrogens (tertiary/aromatic N) is 4. The summed E-state index contributed by atoms with van der Waals surface area (Å²) < 4.78 is 1.78. The fourth-order valence-electron chi connectivity index (χ4n) is 2.74. The van der Waals surface area contributed by atoms with Crippen molar-refractivity contribution < 1.29 is 4.79 Å². The first-order valence-corrected chi connectivity index (χ1v) is 7.53. The van der Waals surface area contributed by atoms with Gasteiger partial charge in [-0.3, -0.25) is 4.79 Å². The Morgan fingerprint density at radius 2 is 1.95 bits per heavy atom. The van der Waals surface area contributed by atoms with E-state index in [-0.39, 0.29) is 0 Å². The van der Waals surface area contributed by atoms with E-state index in [1.807, 2.05) is 24.3 Å². The zero-order chi connectivity index (χ0) is 14.7. The van der Waals surface area contributed by atoms with Crippen LogP contribution in [-0.2, 0) is 6.54 Å². The second kappa shape index (κ2) is 6.37. The maximum atomic E-state index is 11.2. The van der Waals surface area contributed by atoms with Crippen molar-refractivity contribution in [3.8, 4) is 11.3 Å². The highest BCUT2D eigenvalue weighted by atomic mass is 35.5. The Hall–Kier alpha value is -1.72. The Morgan fingerprint density at radius 1 is 1.19 bits per heavy atom. The third kappa shape index (κ3) is 2.99. The Balaban J connectivity index is 1.89. The molecular formula is C15H17ClN4O. The lowest BCUT2D eigenvalue weighted by atomic mass is 10.1. The average Bonchev–Trinajstić information content (AvgIpc) is 3.14. The third-order valence-corrected chi connectivity index (χ3v) is 4.16. The van der Waals surface area contributed by atoms with Crippen LogP contribution in [0.25, 0.3) is 11.3 Å². The Kier molecular flexibility index (Phi) is 4.31. The van der Waals surface area contributed by atoms with Gasteiger partial charge in [-0.25, -0.2) is 4.68 Å². The van der Waals surface area contributed by atoms with Crippen molar-refractivity contribution in [1.29, 1.82) is 0 Å². The molecule has 110 valence electrons. The van der Waals surface area contributed by atoms with Crippen LogP contribution < -0.4 is 0 Å². The number of hydrogen-bond donors (Lipinski definition) is 0. The van der Waals surface area contributed by atoms with E-state index in [4.69, 9.17) is 11.6 Å². The van der Waals surface area contributed by atoms with Gasteiger partial charge in [0.2, 0.25) is 0 Å². The summed E-state index contributed by atoms with van der Waals surface area (Å²) in [6.45, 7) is 3.90. The highest BCUT2D eigenvalue weighted by Crippen LogP contribution is 2.28. The minimum absolute atomic E-state index is 0.338. The predicted octanol–water partition coefficient (Wildman–Crippen LogP) is 2.51. The molecule has 0 saturated carbocycles. The molecule has 2 heterocycles. The van der Waals surface area contributed by atoms with E-state index in [0.29, 0.717) is 23.0 Å². The number of carbonyl (C=O) groups excluding carboxylic acids is 1. The molecule has 0 amide bonds. The van der Waals surface area contributed by atoms with Gasteiger partial charge in [0, 0.05) is 12.1 Å². The molecule has 1 saturated heterocycles. The fraction of sp³-hybridized carbons (Fsp3) is 0.400. The second-order valence-electron chi connectivity index (χ2n) is 5.19. The molecule has 21 heavy (non-hydrogen) atoms. The first kappa shape index (κ1) is 14.2. The van der Waals surface area contributed by atoms with Crippen LogP contribution in [0.1, 0.15) is 23.3 Å². The van der Waals surface area contributed by atoms with Crippen LogP contribution >= 0.6 is 11.6 Å². The van der Waals surface area contributed by atoms with Crippen LogP contribution in [0.3, 0.4) is 0 Å². The predicted molar refractivity (Wildman–Crippen MR) is 81.5 cm³/mol. The van der Waals surface area contributed by atoms with Gasteiger partial charge in [-0.05, 0) is 32.0 Å². The van der Waals surface area contributed by atoms with Crippen molar-refractivity contribution >= 4 is 17.9 Å². The summed E-state index contributed by atoms with van der Waals surface area (Å²) in [5.41, 5.74) is 1.84. The highest BCUT2D eigenvalue weighted by Gasteiger charge is 2.18. The van der Waals surface area contributed by atoms with Gasteiger partial charge in [-0.15, -0.1) is 5.10 Å². The molecule has 5 nitrogen and oxygen atoms in total. The quantitative estimate of drug-likeness (QED) is 0.797. The molecule has 1 aliphatic rings. The Morgan fingerprint density at radius 3 is 2.67 bits per heavy atom. The number of halogens is 1. The topological polar surface area (TPSA) is 51.0 Å². The minimum atomic E-state index is 0.338. The fourth-order valence-corrected chi connectivity index (χ4v) is 2.96. The van der Waals surface area contributed by atoms with Gasteiger partial charge < -0.3 is 4.90 Å².